The van der Waals surface area contributed by atoms with Crippen LogP contribution in [0.4, 0.5) is 0 Å². The monoisotopic (exact) mass is 396 g/mol. The Balaban J connectivity index is 2.46. The van der Waals surface area contributed by atoms with Crippen LogP contribution in [0.15, 0.2) is 33.2 Å². The Hall–Kier alpha value is -1.66. The molecule has 0 saturated carbocycles. The van der Waals surface area contributed by atoms with E-state index in [0.717, 1.165) is 0 Å². The summed E-state index contributed by atoms with van der Waals surface area (Å²) in [5, 5.41) is 19.7. The highest BCUT2D eigenvalue weighted by atomic mass is 79.9. The van der Waals surface area contributed by atoms with Gasteiger partial charge in [-0.1, -0.05) is 31.9 Å². The van der Waals surface area contributed by atoms with Gasteiger partial charge < -0.3 is 10.2 Å². The second kappa shape index (κ2) is 4.43. The van der Waals surface area contributed by atoms with Crippen LogP contribution in [-0.4, -0.2) is 21.8 Å². The lowest BCUT2D eigenvalue weighted by Crippen LogP contribution is -2.22. The molecule has 6 heteroatoms. The van der Waals surface area contributed by atoms with Crippen molar-refractivity contribution in [1.82, 2.24) is 0 Å². The van der Waals surface area contributed by atoms with E-state index in [1.54, 1.807) is 0 Å². The molecule has 0 aliphatic heterocycles. The lowest BCUT2D eigenvalue weighted by atomic mass is 9.83. The molecular formula is C14H6Br2O4. The molecule has 0 bridgehead atoms. The van der Waals surface area contributed by atoms with Gasteiger partial charge in [0.25, 0.3) is 0 Å². The number of benzene rings is 2. The number of phenols is 2. The van der Waals surface area contributed by atoms with Crippen molar-refractivity contribution in [2.24, 2.45) is 0 Å². The van der Waals surface area contributed by atoms with Gasteiger partial charge in [-0.25, -0.2) is 0 Å². The Labute approximate surface area is 130 Å². The Kier molecular flexibility index (Phi) is 2.95. The van der Waals surface area contributed by atoms with E-state index in [1.165, 1.54) is 24.3 Å². The zero-order valence-electron chi connectivity index (χ0n) is 9.78. The van der Waals surface area contributed by atoms with Crippen molar-refractivity contribution >= 4 is 43.4 Å². The SMILES string of the molecule is O=C1c2c(O)ccc(Br)c2C(=O)c2c(Br)ccc(O)c21. The van der Waals surface area contributed by atoms with Gasteiger partial charge in [-0.3, -0.25) is 9.59 Å². The number of fused-ring (bicyclic) bond motifs is 2. The van der Waals surface area contributed by atoms with E-state index in [9.17, 15) is 19.8 Å². The summed E-state index contributed by atoms with van der Waals surface area (Å²) >= 11 is 6.43. The molecule has 0 amide bonds. The van der Waals surface area contributed by atoms with E-state index in [4.69, 9.17) is 0 Å². The van der Waals surface area contributed by atoms with Crippen LogP contribution in [0.2, 0.25) is 0 Å². The molecule has 20 heavy (non-hydrogen) atoms. The van der Waals surface area contributed by atoms with Gasteiger partial charge in [0.2, 0.25) is 5.78 Å². The number of hydrogen-bond acceptors (Lipinski definition) is 4. The van der Waals surface area contributed by atoms with E-state index < -0.39 is 11.6 Å². The van der Waals surface area contributed by atoms with Crippen molar-refractivity contribution in [3.05, 3.63) is 55.5 Å². The summed E-state index contributed by atoms with van der Waals surface area (Å²) in [5.74, 6) is -1.58. The Morgan fingerprint density at radius 3 is 1.40 bits per heavy atom. The molecular weight excluding hydrogens is 392 g/mol. The molecule has 0 unspecified atom stereocenters. The van der Waals surface area contributed by atoms with Gasteiger partial charge in [0.05, 0.1) is 22.3 Å². The number of aromatic hydroxyl groups is 2. The fraction of sp³-hybridized carbons (Fsp3) is 0. The van der Waals surface area contributed by atoms with Crippen molar-refractivity contribution in [3.8, 4) is 11.5 Å². The molecule has 0 heterocycles. The molecule has 2 N–H and O–H groups in total. The first-order valence-corrected chi connectivity index (χ1v) is 7.14. The first kappa shape index (κ1) is 13.3. The van der Waals surface area contributed by atoms with Gasteiger partial charge in [-0.2, -0.15) is 0 Å². The van der Waals surface area contributed by atoms with Gasteiger partial charge in [-0.15, -0.1) is 0 Å². The Bertz CT molecular complexity index is 667. The van der Waals surface area contributed by atoms with Gasteiger partial charge in [0.15, 0.2) is 5.78 Å². The maximum atomic E-state index is 12.6. The lowest BCUT2D eigenvalue weighted by molar-refractivity contribution is 0.0973. The fourth-order valence-electron chi connectivity index (χ4n) is 2.29. The number of rotatable bonds is 0. The van der Waals surface area contributed by atoms with Gasteiger partial charge >= 0.3 is 0 Å². The molecule has 0 aromatic heterocycles. The molecule has 2 aromatic carbocycles. The van der Waals surface area contributed by atoms with Gasteiger partial charge in [-0.05, 0) is 24.3 Å². The topological polar surface area (TPSA) is 74.6 Å². The van der Waals surface area contributed by atoms with E-state index in [0.29, 0.717) is 8.95 Å². The first-order valence-electron chi connectivity index (χ1n) is 5.55. The van der Waals surface area contributed by atoms with Crippen molar-refractivity contribution in [2.75, 3.05) is 0 Å². The molecule has 2 aromatic rings. The molecule has 0 radical (unpaired) electrons. The lowest BCUT2D eigenvalue weighted by Gasteiger charge is -2.21. The molecule has 1 aliphatic carbocycles. The van der Waals surface area contributed by atoms with Crippen molar-refractivity contribution in [1.29, 1.82) is 0 Å². The molecule has 0 spiro atoms. The molecule has 100 valence electrons. The van der Waals surface area contributed by atoms with Crippen LogP contribution in [0.25, 0.3) is 0 Å². The maximum Gasteiger partial charge on any atom is 0.202 e. The van der Waals surface area contributed by atoms with Gasteiger partial charge in [0.1, 0.15) is 11.5 Å². The predicted octanol–water partition coefficient (Wildman–Crippen LogP) is 3.40. The summed E-state index contributed by atoms with van der Waals surface area (Å²) in [4.78, 5) is 25.1. The zero-order chi connectivity index (χ0) is 14.6. The van der Waals surface area contributed by atoms with Crippen LogP contribution in [0, 0.1) is 0 Å². The standard InChI is InChI=1S/C14H6Br2O4/c15-5-1-3-7(17)11-9(5)13(19)10-6(16)2-4-8(18)12(10)14(11)20/h1-4,17-18H. The summed E-state index contributed by atoms with van der Waals surface area (Å²) in [6, 6.07) is 5.66. The van der Waals surface area contributed by atoms with Crippen molar-refractivity contribution in [3.63, 3.8) is 0 Å². The number of phenolic OH excluding ortho intramolecular Hbond substituents is 2. The number of carbonyl (C=O) groups excluding carboxylic acids is 2. The average Bonchev–Trinajstić information content (AvgIpc) is 2.41. The van der Waals surface area contributed by atoms with Crippen LogP contribution < -0.4 is 0 Å². The van der Waals surface area contributed by atoms with Crippen LogP contribution in [0.5, 0.6) is 11.5 Å². The molecule has 1 aliphatic rings. The highest BCUT2D eigenvalue weighted by Crippen LogP contribution is 2.41. The second-order valence-electron chi connectivity index (χ2n) is 4.29. The minimum Gasteiger partial charge on any atom is -0.507 e. The minimum atomic E-state index is -0.577. The second-order valence-corrected chi connectivity index (χ2v) is 6.00. The van der Waals surface area contributed by atoms with Crippen LogP contribution in [0.1, 0.15) is 31.8 Å². The van der Waals surface area contributed by atoms with Crippen LogP contribution in [-0.2, 0) is 0 Å². The number of halogens is 2. The highest BCUT2D eigenvalue weighted by Gasteiger charge is 2.36. The zero-order valence-corrected chi connectivity index (χ0v) is 12.9. The van der Waals surface area contributed by atoms with E-state index in [-0.39, 0.29) is 33.8 Å². The molecule has 0 saturated heterocycles. The summed E-state index contributed by atoms with van der Waals surface area (Å²) in [6.45, 7) is 0. The molecule has 0 atom stereocenters. The first-order chi connectivity index (χ1) is 9.43. The quantitative estimate of drug-likeness (QED) is 0.609. The third kappa shape index (κ3) is 1.65. The fourth-order valence-corrected chi connectivity index (χ4v) is 3.31. The van der Waals surface area contributed by atoms with Crippen molar-refractivity contribution in [2.45, 2.75) is 0 Å². The van der Waals surface area contributed by atoms with E-state index >= 15 is 0 Å². The van der Waals surface area contributed by atoms with Crippen LogP contribution in [0.3, 0.4) is 0 Å². The van der Waals surface area contributed by atoms with Crippen molar-refractivity contribution < 1.29 is 19.8 Å². The third-order valence-corrected chi connectivity index (χ3v) is 4.49. The average molecular weight is 398 g/mol. The summed E-state index contributed by atoms with van der Waals surface area (Å²) in [5.41, 5.74) is 0.0261. The molecule has 4 nitrogen and oxygen atoms in total. The summed E-state index contributed by atoms with van der Waals surface area (Å²) in [6.07, 6.45) is 0. The summed E-state index contributed by atoms with van der Waals surface area (Å²) in [7, 11) is 0. The number of ketones is 2. The largest absolute Gasteiger partial charge is 0.507 e. The maximum absolute atomic E-state index is 12.6. The summed E-state index contributed by atoms with van der Waals surface area (Å²) < 4.78 is 0.842. The molecule has 0 fully saturated rings. The predicted molar refractivity (Wildman–Crippen MR) is 78.5 cm³/mol. The Morgan fingerprint density at radius 2 is 1.00 bits per heavy atom. The number of hydrogen-bond donors (Lipinski definition) is 2. The van der Waals surface area contributed by atoms with Crippen LogP contribution >= 0.6 is 31.9 Å². The van der Waals surface area contributed by atoms with E-state index in [1.807, 2.05) is 0 Å². The minimum absolute atomic E-state index is 0.0923. The van der Waals surface area contributed by atoms with E-state index in [2.05, 4.69) is 31.9 Å². The smallest absolute Gasteiger partial charge is 0.202 e. The third-order valence-electron chi connectivity index (χ3n) is 3.17. The number of carbonyl (C=O) groups is 2. The Morgan fingerprint density at radius 1 is 0.650 bits per heavy atom. The molecule has 3 rings (SSSR count). The van der Waals surface area contributed by atoms with Gasteiger partial charge in [0, 0.05) is 8.95 Å². The highest BCUT2D eigenvalue weighted by molar-refractivity contribution is 9.11. The normalized spacial score (nSPS) is 13.1.